The van der Waals surface area contributed by atoms with E-state index in [0.29, 0.717) is 6.61 Å². The average molecular weight is 244 g/mol. The highest BCUT2D eigenvalue weighted by atomic mass is 16.5. The molecule has 0 amide bonds. The van der Waals surface area contributed by atoms with Gasteiger partial charge >= 0.3 is 0 Å². The Hall–Kier alpha value is -0.200. The number of methoxy groups -OCH3 is 2. The zero-order valence-corrected chi connectivity index (χ0v) is 11.0. The average Bonchev–Trinajstić information content (AvgIpc) is 2.84. The SMILES string of the molecule is COC1CN(CC2(C)COCC2N)CC1OC. The molecule has 2 N–H and O–H groups in total. The summed E-state index contributed by atoms with van der Waals surface area (Å²) in [5, 5.41) is 0. The van der Waals surface area contributed by atoms with Crippen molar-refractivity contribution in [1.29, 1.82) is 0 Å². The summed E-state index contributed by atoms with van der Waals surface area (Å²) in [7, 11) is 3.48. The highest BCUT2D eigenvalue weighted by Gasteiger charge is 2.42. The van der Waals surface area contributed by atoms with Crippen LogP contribution in [-0.2, 0) is 14.2 Å². The van der Waals surface area contributed by atoms with Crippen LogP contribution in [0.4, 0.5) is 0 Å². The van der Waals surface area contributed by atoms with Crippen molar-refractivity contribution in [3.8, 4) is 0 Å². The summed E-state index contributed by atoms with van der Waals surface area (Å²) < 4.78 is 16.4. The number of rotatable bonds is 4. The lowest BCUT2D eigenvalue weighted by molar-refractivity contribution is -0.00461. The number of hydrogen-bond donors (Lipinski definition) is 1. The highest BCUT2D eigenvalue weighted by molar-refractivity contribution is 4.95. The Labute approximate surface area is 103 Å². The molecule has 0 spiro atoms. The quantitative estimate of drug-likeness (QED) is 0.735. The summed E-state index contributed by atoms with van der Waals surface area (Å²) in [6.45, 7) is 6.40. The summed E-state index contributed by atoms with van der Waals surface area (Å²) in [6, 6.07) is 0.130. The molecule has 0 radical (unpaired) electrons. The van der Waals surface area contributed by atoms with E-state index in [9.17, 15) is 0 Å². The van der Waals surface area contributed by atoms with E-state index in [-0.39, 0.29) is 23.7 Å². The van der Waals surface area contributed by atoms with E-state index in [0.717, 1.165) is 26.2 Å². The predicted molar refractivity (Wildman–Crippen MR) is 64.9 cm³/mol. The smallest absolute Gasteiger partial charge is 0.0971 e. The first-order chi connectivity index (χ1) is 8.09. The molecule has 0 aliphatic carbocycles. The first kappa shape index (κ1) is 13.2. The van der Waals surface area contributed by atoms with Gasteiger partial charge in [0.25, 0.3) is 0 Å². The van der Waals surface area contributed by atoms with Gasteiger partial charge in [0.1, 0.15) is 0 Å². The van der Waals surface area contributed by atoms with Gasteiger partial charge in [0.2, 0.25) is 0 Å². The highest BCUT2D eigenvalue weighted by Crippen LogP contribution is 2.30. The number of likely N-dealkylation sites (tertiary alicyclic amines) is 1. The molecule has 5 nitrogen and oxygen atoms in total. The molecule has 2 rings (SSSR count). The predicted octanol–water partition coefficient (Wildman–Crippen LogP) is -0.304. The summed E-state index contributed by atoms with van der Waals surface area (Å²) in [4.78, 5) is 2.37. The third kappa shape index (κ3) is 2.63. The van der Waals surface area contributed by atoms with Gasteiger partial charge in [0.15, 0.2) is 0 Å². The van der Waals surface area contributed by atoms with Crippen molar-refractivity contribution >= 4 is 0 Å². The van der Waals surface area contributed by atoms with E-state index >= 15 is 0 Å². The Morgan fingerprint density at radius 1 is 1.29 bits per heavy atom. The number of hydrogen-bond acceptors (Lipinski definition) is 5. The Kier molecular flexibility index (Phi) is 4.05. The fraction of sp³-hybridized carbons (Fsp3) is 1.00. The van der Waals surface area contributed by atoms with Crippen molar-refractivity contribution in [2.24, 2.45) is 11.1 Å². The lowest BCUT2D eigenvalue weighted by Gasteiger charge is -2.31. The molecule has 2 aliphatic rings. The van der Waals surface area contributed by atoms with E-state index in [4.69, 9.17) is 19.9 Å². The maximum atomic E-state index is 6.11. The second kappa shape index (κ2) is 5.20. The van der Waals surface area contributed by atoms with Gasteiger partial charge in [-0.1, -0.05) is 6.92 Å². The lowest BCUT2D eigenvalue weighted by Crippen LogP contribution is -2.46. The molecule has 0 saturated carbocycles. The van der Waals surface area contributed by atoms with E-state index in [1.54, 1.807) is 14.2 Å². The van der Waals surface area contributed by atoms with Gasteiger partial charge in [-0.15, -0.1) is 0 Å². The minimum atomic E-state index is 0.0565. The molecule has 4 atom stereocenters. The molecule has 5 heteroatoms. The van der Waals surface area contributed by atoms with Crippen molar-refractivity contribution < 1.29 is 14.2 Å². The Morgan fingerprint density at radius 2 is 1.88 bits per heavy atom. The van der Waals surface area contributed by atoms with Crippen molar-refractivity contribution in [2.45, 2.75) is 25.2 Å². The summed E-state index contributed by atoms with van der Waals surface area (Å²) in [5.74, 6) is 0. The standard InChI is InChI=1S/C12H24N2O3/c1-12(8-17-6-11(12)13)7-14-4-9(15-2)10(5-14)16-3/h9-11H,4-8,13H2,1-3H3. The van der Waals surface area contributed by atoms with E-state index in [1.165, 1.54) is 0 Å². The van der Waals surface area contributed by atoms with Crippen LogP contribution in [0.2, 0.25) is 0 Å². The molecule has 2 heterocycles. The van der Waals surface area contributed by atoms with E-state index < -0.39 is 0 Å². The van der Waals surface area contributed by atoms with Crippen molar-refractivity contribution in [1.82, 2.24) is 4.90 Å². The fourth-order valence-electron chi connectivity index (χ4n) is 2.80. The second-order valence-electron chi connectivity index (χ2n) is 5.52. The Balaban J connectivity index is 1.92. The van der Waals surface area contributed by atoms with Crippen molar-refractivity contribution in [2.75, 3.05) is 47.1 Å². The molecule has 0 aromatic rings. The van der Waals surface area contributed by atoms with Crippen LogP contribution in [0.1, 0.15) is 6.92 Å². The molecule has 0 aromatic carbocycles. The maximum Gasteiger partial charge on any atom is 0.0971 e. The molecular formula is C12H24N2O3. The van der Waals surface area contributed by atoms with Gasteiger partial charge in [-0.3, -0.25) is 4.90 Å². The van der Waals surface area contributed by atoms with Crippen LogP contribution >= 0.6 is 0 Å². The minimum absolute atomic E-state index is 0.0565. The Morgan fingerprint density at radius 3 is 2.29 bits per heavy atom. The second-order valence-corrected chi connectivity index (χ2v) is 5.52. The minimum Gasteiger partial charge on any atom is -0.379 e. The van der Waals surface area contributed by atoms with Crippen LogP contribution in [0.15, 0.2) is 0 Å². The molecule has 0 aromatic heterocycles. The monoisotopic (exact) mass is 244 g/mol. The molecular weight excluding hydrogens is 220 g/mol. The van der Waals surface area contributed by atoms with Crippen molar-refractivity contribution in [3.63, 3.8) is 0 Å². The van der Waals surface area contributed by atoms with Crippen LogP contribution in [0.5, 0.6) is 0 Å². The molecule has 2 saturated heterocycles. The lowest BCUT2D eigenvalue weighted by atomic mass is 9.85. The fourth-order valence-corrected chi connectivity index (χ4v) is 2.80. The summed E-state index contributed by atoms with van der Waals surface area (Å²) >= 11 is 0. The van der Waals surface area contributed by atoms with Gasteiger partial charge < -0.3 is 19.9 Å². The van der Waals surface area contributed by atoms with Crippen LogP contribution in [-0.4, -0.2) is 70.2 Å². The third-order valence-corrected chi connectivity index (χ3v) is 4.11. The zero-order valence-electron chi connectivity index (χ0n) is 11.0. The van der Waals surface area contributed by atoms with Crippen LogP contribution in [0.25, 0.3) is 0 Å². The van der Waals surface area contributed by atoms with Gasteiger partial charge in [0, 0.05) is 45.3 Å². The third-order valence-electron chi connectivity index (χ3n) is 4.11. The number of nitrogens with two attached hydrogens (primary N) is 1. The summed E-state index contributed by atoms with van der Waals surface area (Å²) in [6.07, 6.45) is 0.337. The largest absolute Gasteiger partial charge is 0.379 e. The molecule has 0 bridgehead atoms. The normalized spacial score (nSPS) is 43.4. The summed E-state index contributed by atoms with van der Waals surface area (Å²) in [5.41, 5.74) is 6.17. The zero-order chi connectivity index (χ0) is 12.5. The first-order valence-electron chi connectivity index (χ1n) is 6.20. The number of nitrogens with zero attached hydrogens (tertiary/aromatic N) is 1. The molecule has 2 aliphatic heterocycles. The Bertz CT molecular complexity index is 252. The number of ether oxygens (including phenoxy) is 3. The van der Waals surface area contributed by atoms with E-state index in [2.05, 4.69) is 11.8 Å². The van der Waals surface area contributed by atoms with Gasteiger partial charge in [-0.05, 0) is 0 Å². The first-order valence-corrected chi connectivity index (χ1v) is 6.20. The molecule has 100 valence electrons. The van der Waals surface area contributed by atoms with Gasteiger partial charge in [-0.25, -0.2) is 0 Å². The van der Waals surface area contributed by atoms with Gasteiger partial charge in [0.05, 0.1) is 25.4 Å². The van der Waals surface area contributed by atoms with E-state index in [1.807, 2.05) is 0 Å². The topological polar surface area (TPSA) is 57.0 Å². The van der Waals surface area contributed by atoms with Crippen LogP contribution < -0.4 is 5.73 Å². The molecule has 4 unspecified atom stereocenters. The van der Waals surface area contributed by atoms with Crippen molar-refractivity contribution in [3.05, 3.63) is 0 Å². The maximum absolute atomic E-state index is 6.11. The molecule has 17 heavy (non-hydrogen) atoms. The van der Waals surface area contributed by atoms with Gasteiger partial charge in [-0.2, -0.15) is 0 Å². The molecule has 2 fully saturated rings. The van der Waals surface area contributed by atoms with Crippen LogP contribution in [0.3, 0.4) is 0 Å². The van der Waals surface area contributed by atoms with Crippen LogP contribution in [0, 0.1) is 5.41 Å².